The Kier molecular flexibility index (Phi) is 20.1. The van der Waals surface area contributed by atoms with Gasteiger partial charge >= 0.3 is 11.9 Å². The Bertz CT molecular complexity index is 1540. The monoisotopic (exact) mass is 792 g/mol. The second-order valence-electron chi connectivity index (χ2n) is 15.3. The average Bonchev–Trinajstić information content (AvgIpc) is 3.07. The highest BCUT2D eigenvalue weighted by Crippen LogP contribution is 2.32. The summed E-state index contributed by atoms with van der Waals surface area (Å²) in [5.74, 6) is 1.79. The predicted molar refractivity (Wildman–Crippen MR) is 220 cm³/mol. The molecule has 1 heterocycles. The summed E-state index contributed by atoms with van der Waals surface area (Å²) in [7, 11) is 3.30. The molecule has 0 bridgehead atoms. The molecule has 1 amide bonds. The van der Waals surface area contributed by atoms with Crippen molar-refractivity contribution in [1.29, 1.82) is 0 Å². The van der Waals surface area contributed by atoms with Gasteiger partial charge in [-0.3, -0.25) is 25.0 Å². The summed E-state index contributed by atoms with van der Waals surface area (Å²) in [4.78, 5) is 46.8. The molecule has 0 spiro atoms. The molecule has 0 aliphatic carbocycles. The van der Waals surface area contributed by atoms with Gasteiger partial charge in [0.2, 0.25) is 11.0 Å². The molecule has 1 aliphatic rings. The first-order chi connectivity index (χ1) is 24.9. The molecule has 1 saturated heterocycles. The first-order valence-corrected chi connectivity index (χ1v) is 19.6. The molecule has 2 aromatic carbocycles. The Balaban J connectivity index is 0.000000457. The number of hydrogen-bond acceptors (Lipinski definition) is 13. The number of amides is 1. The van der Waals surface area contributed by atoms with Crippen LogP contribution in [0.5, 0.6) is 11.5 Å². The number of aryl methyl sites for hydroxylation is 2. The number of esters is 2. The van der Waals surface area contributed by atoms with Crippen LogP contribution in [-0.2, 0) is 28.7 Å². The first-order valence-electron chi connectivity index (χ1n) is 18.0. The van der Waals surface area contributed by atoms with Crippen LogP contribution in [0.4, 0.5) is 0 Å². The van der Waals surface area contributed by atoms with Gasteiger partial charge in [0, 0.05) is 34.7 Å². The molecule has 6 atom stereocenters. The van der Waals surface area contributed by atoms with Gasteiger partial charge < -0.3 is 30.0 Å². The molecule has 1 aliphatic heterocycles. The maximum absolute atomic E-state index is 12.5. The summed E-state index contributed by atoms with van der Waals surface area (Å²) < 4.78 is 21.1. The van der Waals surface area contributed by atoms with Crippen LogP contribution in [0.3, 0.4) is 0 Å². The molecule has 2 aromatic rings. The Morgan fingerprint density at radius 1 is 0.889 bits per heavy atom. The van der Waals surface area contributed by atoms with Gasteiger partial charge in [0.05, 0.1) is 26.3 Å². The highest BCUT2D eigenvalue weighted by Gasteiger charge is 2.29. The van der Waals surface area contributed by atoms with Gasteiger partial charge in [-0.15, -0.1) is 0 Å². The number of nitrogens with two attached hydrogens (primary N) is 1. The number of thioether (sulfide) groups is 1. The summed E-state index contributed by atoms with van der Waals surface area (Å²) in [6.07, 6.45) is 0. The quantitative estimate of drug-likeness (QED) is 0.138. The van der Waals surface area contributed by atoms with Crippen LogP contribution in [-0.4, -0.2) is 84.1 Å². The number of carbonyl (C=O) groups is 4. The van der Waals surface area contributed by atoms with E-state index >= 15 is 0 Å². The van der Waals surface area contributed by atoms with Gasteiger partial charge in [-0.2, -0.15) is 12.6 Å². The van der Waals surface area contributed by atoms with Crippen LogP contribution in [0.2, 0.25) is 0 Å². The number of benzene rings is 2. The molecule has 0 unspecified atom stereocenters. The molecule has 1 fully saturated rings. The first kappa shape index (κ1) is 48.7. The zero-order valence-electron chi connectivity index (χ0n) is 34.5. The van der Waals surface area contributed by atoms with E-state index in [0.29, 0.717) is 5.75 Å². The van der Waals surface area contributed by atoms with Crippen LogP contribution in [0, 0.1) is 13.8 Å². The summed E-state index contributed by atoms with van der Waals surface area (Å²) in [5, 5.41) is 9.48. The third-order valence-corrected chi connectivity index (χ3v) is 9.15. The molecule has 54 heavy (non-hydrogen) atoms. The van der Waals surface area contributed by atoms with Crippen molar-refractivity contribution in [3.8, 4) is 11.5 Å². The Morgan fingerprint density at radius 3 is 1.87 bits per heavy atom. The molecule has 5 N–H and O–H groups in total. The van der Waals surface area contributed by atoms with Crippen LogP contribution < -0.4 is 31.2 Å². The number of nitrogens with one attached hydrogen (secondary N) is 3. The summed E-state index contributed by atoms with van der Waals surface area (Å²) >= 11 is 5.80. The van der Waals surface area contributed by atoms with Crippen LogP contribution >= 0.6 is 24.4 Å². The average molecular weight is 793 g/mol. The van der Waals surface area contributed by atoms with Crippen molar-refractivity contribution in [2.24, 2.45) is 5.73 Å². The van der Waals surface area contributed by atoms with E-state index in [9.17, 15) is 19.2 Å². The van der Waals surface area contributed by atoms with E-state index in [2.05, 4.69) is 40.7 Å². The Morgan fingerprint density at radius 2 is 1.41 bits per heavy atom. The highest BCUT2D eigenvalue weighted by molar-refractivity contribution is 8.13. The van der Waals surface area contributed by atoms with Gasteiger partial charge in [-0.1, -0.05) is 36.0 Å². The second-order valence-corrected chi connectivity index (χ2v) is 16.7. The minimum absolute atomic E-state index is 0.0928. The minimum atomic E-state index is -0.732. The minimum Gasteiger partial charge on any atom is -0.496 e. The molecule has 3 rings (SSSR count). The van der Waals surface area contributed by atoms with Crippen molar-refractivity contribution >= 4 is 47.4 Å². The maximum Gasteiger partial charge on any atom is 0.328 e. The molecule has 0 radical (unpaired) electrons. The van der Waals surface area contributed by atoms with E-state index in [4.69, 9.17) is 24.7 Å². The molecule has 12 nitrogen and oxygen atoms in total. The fourth-order valence-electron chi connectivity index (χ4n) is 4.90. The smallest absolute Gasteiger partial charge is 0.328 e. The summed E-state index contributed by atoms with van der Waals surface area (Å²) in [6, 6.07) is 10.2. The second kappa shape index (κ2) is 22.3. The van der Waals surface area contributed by atoms with Crippen molar-refractivity contribution in [2.45, 2.75) is 131 Å². The van der Waals surface area contributed by atoms with E-state index in [1.807, 2.05) is 65.8 Å². The van der Waals surface area contributed by atoms with Gasteiger partial charge in [-0.25, -0.2) is 4.79 Å². The third-order valence-electron chi connectivity index (χ3n) is 7.65. The van der Waals surface area contributed by atoms with Crippen molar-refractivity contribution in [3.05, 3.63) is 58.7 Å². The summed E-state index contributed by atoms with van der Waals surface area (Å²) in [6.45, 7) is 21.7. The lowest BCUT2D eigenvalue weighted by molar-refractivity contribution is -0.158. The van der Waals surface area contributed by atoms with Crippen LogP contribution in [0.15, 0.2) is 36.4 Å². The maximum atomic E-state index is 12.5. The van der Waals surface area contributed by atoms with E-state index in [1.54, 1.807) is 55.8 Å². The predicted octanol–water partition coefficient (Wildman–Crippen LogP) is 5.77. The largest absolute Gasteiger partial charge is 0.496 e. The lowest BCUT2D eigenvalue weighted by atomic mass is 10.0. The standard InChI is InChI=1S/C20H32N2O4S.C13H17NO2S.C7H15NO2/c1-12-8-9-15(17(10-12)25-7)16(11-27)21-13(2)18(23)22-14(3)19(24)26-20(4,5)6;1-8-4-5-10(12(6-8)16-3)11-7-17-13(15)9(2)14-11;1-5(8)6(9)10-7(2,3)4/h8-10,13-14,16,21,27H,11H2,1-7H3,(H,22,23);4-6,9,11,14H,7H2,1-3H3;5H,8H2,1-4H3/t13-,14-,16-;9-,11-;5-/m000/s1. The summed E-state index contributed by atoms with van der Waals surface area (Å²) in [5.41, 5.74) is 8.57. The lowest BCUT2D eigenvalue weighted by Gasteiger charge is -2.28. The number of thiol groups is 1. The van der Waals surface area contributed by atoms with Crippen LogP contribution in [0.25, 0.3) is 0 Å². The fourth-order valence-corrected chi connectivity index (χ4v) is 6.13. The number of hydrogen-bond donors (Lipinski definition) is 5. The number of rotatable bonds is 11. The SMILES string of the molecule is COc1cc(C)ccc1[C@@H]1CSC(=O)[C@H](C)N1.COc1cc(C)ccc1[C@H](CS)N[C@@H](C)C(=O)N[C@@H](C)C(=O)OC(C)(C)C.C[C@H](N)C(=O)OC(C)(C)C. The van der Waals surface area contributed by atoms with Crippen molar-refractivity contribution in [1.82, 2.24) is 16.0 Å². The van der Waals surface area contributed by atoms with Gasteiger partial charge in [0.15, 0.2) is 0 Å². The van der Waals surface area contributed by atoms with Crippen molar-refractivity contribution < 1.29 is 38.1 Å². The van der Waals surface area contributed by atoms with E-state index in [0.717, 1.165) is 33.9 Å². The third kappa shape index (κ3) is 17.4. The molecule has 304 valence electrons. The van der Waals surface area contributed by atoms with E-state index < -0.39 is 35.3 Å². The number of ether oxygens (including phenoxy) is 4. The molecular weight excluding hydrogens is 729 g/mol. The lowest BCUT2D eigenvalue weighted by Crippen LogP contribution is -2.50. The molecule has 0 saturated carbocycles. The van der Waals surface area contributed by atoms with Gasteiger partial charge in [-0.05, 0) is 106 Å². The van der Waals surface area contributed by atoms with E-state index in [1.165, 1.54) is 17.3 Å². The normalized spacial score (nSPS) is 17.9. The number of carbonyl (C=O) groups excluding carboxylic acids is 4. The fraction of sp³-hybridized carbons (Fsp3) is 0.600. The number of methoxy groups -OCH3 is 2. The molecule has 14 heteroatoms. The molecule has 0 aromatic heterocycles. The zero-order chi connectivity index (χ0) is 41.6. The van der Waals surface area contributed by atoms with Crippen LogP contribution in [0.1, 0.15) is 104 Å². The van der Waals surface area contributed by atoms with Crippen molar-refractivity contribution in [3.63, 3.8) is 0 Å². The zero-order valence-corrected chi connectivity index (χ0v) is 36.3. The van der Waals surface area contributed by atoms with Gasteiger partial charge in [0.25, 0.3) is 0 Å². The molecular formula is C40H64N4O8S2. The van der Waals surface area contributed by atoms with Gasteiger partial charge in [0.1, 0.15) is 34.8 Å². The van der Waals surface area contributed by atoms with Crippen molar-refractivity contribution in [2.75, 3.05) is 25.7 Å². The Hall–Kier alpha value is -3.30. The topological polar surface area (TPSA) is 167 Å². The Labute approximate surface area is 332 Å². The highest BCUT2D eigenvalue weighted by atomic mass is 32.2. The van der Waals surface area contributed by atoms with E-state index in [-0.39, 0.29) is 35.1 Å².